The molecule has 5 heteroatoms. The number of amides is 1. The van der Waals surface area contributed by atoms with E-state index in [2.05, 4.69) is 27.3 Å². The summed E-state index contributed by atoms with van der Waals surface area (Å²) >= 11 is 3.38. The molecule has 0 unspecified atom stereocenters. The summed E-state index contributed by atoms with van der Waals surface area (Å²) in [6.07, 6.45) is 5.16. The summed E-state index contributed by atoms with van der Waals surface area (Å²) in [7, 11) is 0. The van der Waals surface area contributed by atoms with Crippen molar-refractivity contribution in [3.63, 3.8) is 0 Å². The van der Waals surface area contributed by atoms with Gasteiger partial charge < -0.3 is 10.4 Å². The van der Waals surface area contributed by atoms with Crippen LogP contribution in [0, 0.1) is 35.5 Å². The number of carbonyl (C=O) groups excluding carboxylic acids is 1. The highest BCUT2D eigenvalue weighted by molar-refractivity contribution is 9.10. The van der Waals surface area contributed by atoms with Crippen molar-refractivity contribution >= 4 is 33.5 Å². The van der Waals surface area contributed by atoms with Crippen molar-refractivity contribution in [2.75, 3.05) is 5.32 Å². The average Bonchev–Trinajstić information content (AvgIpc) is 3.28. The second-order valence-electron chi connectivity index (χ2n) is 6.49. The zero-order valence-electron chi connectivity index (χ0n) is 11.8. The molecule has 1 aromatic carbocycles. The van der Waals surface area contributed by atoms with Gasteiger partial charge in [-0.15, -0.1) is 0 Å². The molecule has 0 saturated heterocycles. The van der Waals surface area contributed by atoms with Gasteiger partial charge in [-0.1, -0.05) is 34.1 Å². The number of carbonyl (C=O) groups is 2. The van der Waals surface area contributed by atoms with Crippen molar-refractivity contribution in [3.8, 4) is 0 Å². The summed E-state index contributed by atoms with van der Waals surface area (Å²) < 4.78 is 0.882. The summed E-state index contributed by atoms with van der Waals surface area (Å²) in [5.74, 6) is -1.00. The van der Waals surface area contributed by atoms with E-state index in [0.717, 1.165) is 10.9 Å². The first kappa shape index (κ1) is 14.0. The van der Waals surface area contributed by atoms with E-state index in [1.807, 2.05) is 30.3 Å². The Balaban J connectivity index is 1.61. The predicted octanol–water partition coefficient (Wildman–Crippen LogP) is 3.16. The van der Waals surface area contributed by atoms with Gasteiger partial charge in [0, 0.05) is 10.2 Å². The van der Waals surface area contributed by atoms with E-state index < -0.39 is 17.8 Å². The number of carboxylic acids is 1. The first-order chi connectivity index (χ1) is 10.6. The Labute approximate surface area is 136 Å². The molecule has 2 saturated carbocycles. The standard InChI is InChI=1S/C17H16BrNO3/c18-8-2-1-3-9(6-8)19-16(20)14-10-4-5-11(13-7-12(10)13)15(14)17(21)22/h1-6,10-15H,7H2,(H,19,20)(H,21,22)/t10-,11-,12-,13+,14-,15+/m0/s1. The van der Waals surface area contributed by atoms with E-state index in [-0.39, 0.29) is 17.7 Å². The SMILES string of the molecule is O=C(O)[C@@H]1[C@H]2C=C[C@@H]([C@@H]3C[C@H]23)[C@@H]1C(=O)Nc1cccc(Br)c1. The number of aliphatic carboxylic acids is 1. The molecule has 5 rings (SSSR count). The summed E-state index contributed by atoms with van der Waals surface area (Å²) in [6, 6.07) is 7.37. The second kappa shape index (κ2) is 4.95. The van der Waals surface area contributed by atoms with Gasteiger partial charge in [0.15, 0.2) is 0 Å². The Morgan fingerprint density at radius 3 is 2.45 bits per heavy atom. The molecule has 4 aliphatic rings. The largest absolute Gasteiger partial charge is 0.481 e. The fourth-order valence-corrected chi connectivity index (χ4v) is 4.76. The van der Waals surface area contributed by atoms with Crippen LogP contribution in [0.4, 0.5) is 5.69 Å². The summed E-state index contributed by atoms with van der Waals surface area (Å²) in [5.41, 5.74) is 0.696. The zero-order chi connectivity index (χ0) is 15.4. The number of fused-ring (bicyclic) bond motifs is 1. The number of hydrogen-bond acceptors (Lipinski definition) is 2. The molecule has 0 spiro atoms. The van der Waals surface area contributed by atoms with Crippen molar-refractivity contribution < 1.29 is 14.7 Å². The number of allylic oxidation sites excluding steroid dienone is 2. The Morgan fingerprint density at radius 1 is 1.14 bits per heavy atom. The van der Waals surface area contributed by atoms with Gasteiger partial charge in [0.05, 0.1) is 11.8 Å². The van der Waals surface area contributed by atoms with Crippen molar-refractivity contribution in [3.05, 3.63) is 40.9 Å². The number of carboxylic acid groups (broad SMARTS) is 1. The molecular formula is C17H16BrNO3. The molecule has 0 radical (unpaired) electrons. The van der Waals surface area contributed by atoms with Crippen molar-refractivity contribution in [1.29, 1.82) is 0 Å². The number of rotatable bonds is 3. The van der Waals surface area contributed by atoms with Crippen LogP contribution in [0.1, 0.15) is 6.42 Å². The van der Waals surface area contributed by atoms with Crippen LogP contribution in [0.3, 0.4) is 0 Å². The van der Waals surface area contributed by atoms with E-state index in [0.29, 0.717) is 17.5 Å². The predicted molar refractivity (Wildman–Crippen MR) is 85.1 cm³/mol. The lowest BCUT2D eigenvalue weighted by Gasteiger charge is -2.41. The second-order valence-corrected chi connectivity index (χ2v) is 7.41. The minimum atomic E-state index is -0.848. The number of hydrogen-bond donors (Lipinski definition) is 2. The first-order valence-electron chi connectivity index (χ1n) is 7.54. The van der Waals surface area contributed by atoms with Gasteiger partial charge in [0.1, 0.15) is 0 Å². The lowest BCUT2D eigenvalue weighted by Crippen LogP contribution is -2.48. The van der Waals surface area contributed by atoms with E-state index >= 15 is 0 Å². The van der Waals surface area contributed by atoms with Gasteiger partial charge in [0.2, 0.25) is 5.91 Å². The molecule has 0 aliphatic heterocycles. The number of nitrogens with one attached hydrogen (secondary N) is 1. The minimum Gasteiger partial charge on any atom is -0.481 e. The maximum Gasteiger partial charge on any atom is 0.307 e. The van der Waals surface area contributed by atoms with Crippen LogP contribution in [-0.2, 0) is 9.59 Å². The third-order valence-electron chi connectivity index (χ3n) is 5.33. The van der Waals surface area contributed by atoms with Crippen LogP contribution < -0.4 is 5.32 Å². The summed E-state index contributed by atoms with van der Waals surface area (Å²) in [5, 5.41) is 12.5. The highest BCUT2D eigenvalue weighted by Gasteiger charge is 2.62. The molecule has 2 fully saturated rings. The van der Waals surface area contributed by atoms with E-state index in [9.17, 15) is 14.7 Å². The van der Waals surface area contributed by atoms with Gasteiger partial charge >= 0.3 is 5.97 Å². The van der Waals surface area contributed by atoms with Gasteiger partial charge in [0.25, 0.3) is 0 Å². The van der Waals surface area contributed by atoms with Crippen LogP contribution in [0.25, 0.3) is 0 Å². The summed E-state index contributed by atoms with van der Waals surface area (Å²) in [6.45, 7) is 0. The maximum atomic E-state index is 12.7. The third kappa shape index (κ3) is 2.10. The Hall–Kier alpha value is -1.62. The Kier molecular flexibility index (Phi) is 3.15. The van der Waals surface area contributed by atoms with Gasteiger partial charge in [-0.3, -0.25) is 9.59 Å². The molecule has 2 bridgehead atoms. The quantitative estimate of drug-likeness (QED) is 0.812. The van der Waals surface area contributed by atoms with E-state index in [1.165, 1.54) is 0 Å². The van der Waals surface area contributed by atoms with Crippen LogP contribution in [0.15, 0.2) is 40.9 Å². The number of halogens is 1. The topological polar surface area (TPSA) is 66.4 Å². The maximum absolute atomic E-state index is 12.7. The molecule has 2 N–H and O–H groups in total. The van der Waals surface area contributed by atoms with Crippen molar-refractivity contribution in [2.45, 2.75) is 6.42 Å². The molecule has 1 aromatic rings. The molecule has 6 atom stereocenters. The molecule has 4 nitrogen and oxygen atoms in total. The normalized spacial score (nSPS) is 37.5. The average molecular weight is 362 g/mol. The van der Waals surface area contributed by atoms with Crippen molar-refractivity contribution in [2.24, 2.45) is 35.5 Å². The molecule has 0 aromatic heterocycles. The molecule has 0 heterocycles. The fraction of sp³-hybridized carbons (Fsp3) is 0.412. The van der Waals surface area contributed by atoms with Crippen LogP contribution in [-0.4, -0.2) is 17.0 Å². The molecule has 114 valence electrons. The highest BCUT2D eigenvalue weighted by atomic mass is 79.9. The van der Waals surface area contributed by atoms with Crippen LogP contribution >= 0.6 is 15.9 Å². The van der Waals surface area contributed by atoms with Crippen LogP contribution in [0.2, 0.25) is 0 Å². The Bertz CT molecular complexity index is 686. The summed E-state index contributed by atoms with van der Waals surface area (Å²) in [4.78, 5) is 24.4. The number of benzene rings is 1. The highest BCUT2D eigenvalue weighted by Crippen LogP contribution is 2.63. The lowest BCUT2D eigenvalue weighted by molar-refractivity contribution is -0.152. The number of anilines is 1. The molecule has 4 aliphatic carbocycles. The monoisotopic (exact) mass is 361 g/mol. The molecule has 1 amide bonds. The zero-order valence-corrected chi connectivity index (χ0v) is 13.4. The minimum absolute atomic E-state index is 0.0192. The third-order valence-corrected chi connectivity index (χ3v) is 5.83. The van der Waals surface area contributed by atoms with Gasteiger partial charge in [-0.05, 0) is 48.3 Å². The molecular weight excluding hydrogens is 346 g/mol. The molecule has 22 heavy (non-hydrogen) atoms. The fourth-order valence-electron chi connectivity index (χ4n) is 4.36. The van der Waals surface area contributed by atoms with Gasteiger partial charge in [-0.2, -0.15) is 0 Å². The van der Waals surface area contributed by atoms with E-state index in [1.54, 1.807) is 0 Å². The van der Waals surface area contributed by atoms with Crippen molar-refractivity contribution in [1.82, 2.24) is 0 Å². The lowest BCUT2D eigenvalue weighted by atomic mass is 9.62. The van der Waals surface area contributed by atoms with E-state index in [4.69, 9.17) is 0 Å². The first-order valence-corrected chi connectivity index (χ1v) is 8.33. The Morgan fingerprint density at radius 2 is 1.82 bits per heavy atom. The van der Waals surface area contributed by atoms with Gasteiger partial charge in [-0.25, -0.2) is 0 Å². The smallest absolute Gasteiger partial charge is 0.307 e. The van der Waals surface area contributed by atoms with Crippen LogP contribution in [0.5, 0.6) is 0 Å².